The number of nitrogens with zero attached hydrogens (tertiary/aromatic N) is 1. The zero-order valence-electron chi connectivity index (χ0n) is 12.8. The standard InChI is InChI=1S/C18H21N3O/c1-13-5-7-14(8-6-13)16-11-19-12-17(16)18(22)21-10-15-4-2-3-9-20-15/h2-9,16-17,19H,10-12H2,1H3,(H,21,22)/t16-,17+/m1/s1. The van der Waals surface area contributed by atoms with Gasteiger partial charge in [-0.05, 0) is 24.6 Å². The number of rotatable bonds is 4. The minimum atomic E-state index is -0.0218. The van der Waals surface area contributed by atoms with Crippen LogP contribution >= 0.6 is 0 Å². The van der Waals surface area contributed by atoms with Crippen LogP contribution in [0.4, 0.5) is 0 Å². The van der Waals surface area contributed by atoms with E-state index in [4.69, 9.17) is 0 Å². The van der Waals surface area contributed by atoms with E-state index in [0.29, 0.717) is 6.54 Å². The number of hydrogen-bond acceptors (Lipinski definition) is 3. The normalized spacial score (nSPS) is 20.8. The minimum absolute atomic E-state index is 0.0218. The minimum Gasteiger partial charge on any atom is -0.350 e. The number of aryl methyl sites for hydroxylation is 1. The van der Waals surface area contributed by atoms with Gasteiger partial charge < -0.3 is 10.6 Å². The Hall–Kier alpha value is -2.20. The zero-order valence-corrected chi connectivity index (χ0v) is 12.8. The maximum Gasteiger partial charge on any atom is 0.225 e. The smallest absolute Gasteiger partial charge is 0.225 e. The van der Waals surface area contributed by atoms with Crippen molar-refractivity contribution in [2.45, 2.75) is 19.4 Å². The predicted octanol–water partition coefficient (Wildman–Crippen LogP) is 2.01. The second-order valence-electron chi connectivity index (χ2n) is 5.82. The van der Waals surface area contributed by atoms with Crippen LogP contribution in [0.5, 0.6) is 0 Å². The first-order valence-electron chi connectivity index (χ1n) is 7.69. The molecule has 2 atom stereocenters. The first kappa shape index (κ1) is 14.7. The Kier molecular flexibility index (Phi) is 4.49. The molecule has 0 unspecified atom stereocenters. The van der Waals surface area contributed by atoms with Crippen molar-refractivity contribution in [2.75, 3.05) is 13.1 Å². The molecule has 1 saturated heterocycles. The summed E-state index contributed by atoms with van der Waals surface area (Å²) in [5, 5.41) is 6.35. The van der Waals surface area contributed by atoms with Crippen molar-refractivity contribution >= 4 is 5.91 Å². The third-order valence-electron chi connectivity index (χ3n) is 4.23. The molecule has 0 bridgehead atoms. The molecule has 0 radical (unpaired) electrons. The van der Waals surface area contributed by atoms with Gasteiger partial charge >= 0.3 is 0 Å². The Morgan fingerprint density at radius 3 is 2.77 bits per heavy atom. The van der Waals surface area contributed by atoms with Crippen LogP contribution in [0, 0.1) is 12.8 Å². The molecule has 1 aliphatic rings. The summed E-state index contributed by atoms with van der Waals surface area (Å²) in [6.45, 7) is 4.14. The van der Waals surface area contributed by atoms with Crippen molar-refractivity contribution in [1.82, 2.24) is 15.6 Å². The van der Waals surface area contributed by atoms with E-state index < -0.39 is 0 Å². The zero-order chi connectivity index (χ0) is 15.4. The summed E-state index contributed by atoms with van der Waals surface area (Å²) in [5.74, 6) is 0.317. The number of benzene rings is 1. The van der Waals surface area contributed by atoms with Gasteiger partial charge in [0.2, 0.25) is 5.91 Å². The van der Waals surface area contributed by atoms with Gasteiger partial charge in [-0.2, -0.15) is 0 Å². The van der Waals surface area contributed by atoms with Gasteiger partial charge in [0.1, 0.15) is 0 Å². The van der Waals surface area contributed by atoms with Gasteiger partial charge in [0.25, 0.3) is 0 Å². The van der Waals surface area contributed by atoms with Crippen LogP contribution in [0.15, 0.2) is 48.7 Å². The summed E-state index contributed by atoms with van der Waals surface area (Å²) < 4.78 is 0. The molecule has 114 valence electrons. The van der Waals surface area contributed by atoms with Crippen LogP contribution in [0.1, 0.15) is 22.7 Å². The van der Waals surface area contributed by atoms with Crippen molar-refractivity contribution < 1.29 is 4.79 Å². The molecule has 4 heteroatoms. The maximum absolute atomic E-state index is 12.5. The van der Waals surface area contributed by atoms with Gasteiger partial charge in [-0.3, -0.25) is 9.78 Å². The van der Waals surface area contributed by atoms with Crippen molar-refractivity contribution in [2.24, 2.45) is 5.92 Å². The van der Waals surface area contributed by atoms with E-state index in [9.17, 15) is 4.79 Å². The Morgan fingerprint density at radius 2 is 2.05 bits per heavy atom. The van der Waals surface area contributed by atoms with E-state index >= 15 is 0 Å². The molecule has 4 nitrogen and oxygen atoms in total. The Labute approximate surface area is 131 Å². The molecule has 1 aliphatic heterocycles. The lowest BCUT2D eigenvalue weighted by atomic mass is 9.88. The highest BCUT2D eigenvalue weighted by molar-refractivity contribution is 5.80. The molecular formula is C18H21N3O. The number of aromatic nitrogens is 1. The third-order valence-corrected chi connectivity index (χ3v) is 4.23. The van der Waals surface area contributed by atoms with E-state index in [2.05, 4.69) is 46.8 Å². The molecule has 2 heterocycles. The average molecular weight is 295 g/mol. The summed E-state index contributed by atoms with van der Waals surface area (Å²) in [7, 11) is 0. The lowest BCUT2D eigenvalue weighted by Gasteiger charge is -2.18. The first-order chi connectivity index (χ1) is 10.7. The number of carbonyl (C=O) groups excluding carboxylic acids is 1. The largest absolute Gasteiger partial charge is 0.350 e. The van der Waals surface area contributed by atoms with Gasteiger partial charge in [0.05, 0.1) is 18.2 Å². The lowest BCUT2D eigenvalue weighted by molar-refractivity contribution is -0.125. The van der Waals surface area contributed by atoms with Crippen molar-refractivity contribution in [3.63, 3.8) is 0 Å². The first-order valence-corrected chi connectivity index (χ1v) is 7.69. The number of hydrogen-bond donors (Lipinski definition) is 2. The molecule has 1 fully saturated rings. The highest BCUT2D eigenvalue weighted by Gasteiger charge is 2.33. The van der Waals surface area contributed by atoms with Crippen LogP contribution in [0.25, 0.3) is 0 Å². The fourth-order valence-electron chi connectivity index (χ4n) is 2.93. The summed E-state index contributed by atoms with van der Waals surface area (Å²) >= 11 is 0. The molecular weight excluding hydrogens is 274 g/mol. The van der Waals surface area contributed by atoms with E-state index in [1.54, 1.807) is 6.20 Å². The van der Waals surface area contributed by atoms with E-state index in [0.717, 1.165) is 18.8 Å². The van der Waals surface area contributed by atoms with E-state index in [1.165, 1.54) is 11.1 Å². The maximum atomic E-state index is 12.5. The molecule has 1 amide bonds. The van der Waals surface area contributed by atoms with Crippen LogP contribution in [0.2, 0.25) is 0 Å². The highest BCUT2D eigenvalue weighted by Crippen LogP contribution is 2.28. The Balaban J connectivity index is 1.65. The van der Waals surface area contributed by atoms with Gasteiger partial charge in [0, 0.05) is 25.2 Å². The SMILES string of the molecule is Cc1ccc([C@H]2CNC[C@@H]2C(=O)NCc2ccccn2)cc1. The predicted molar refractivity (Wildman–Crippen MR) is 86.4 cm³/mol. The fraction of sp³-hybridized carbons (Fsp3) is 0.333. The van der Waals surface area contributed by atoms with E-state index in [-0.39, 0.29) is 17.7 Å². The van der Waals surface area contributed by atoms with Gasteiger partial charge in [-0.15, -0.1) is 0 Å². The summed E-state index contributed by atoms with van der Waals surface area (Å²) in [6.07, 6.45) is 1.74. The number of carbonyl (C=O) groups is 1. The van der Waals surface area contributed by atoms with Crippen molar-refractivity contribution in [1.29, 1.82) is 0 Å². The van der Waals surface area contributed by atoms with Crippen LogP contribution in [-0.4, -0.2) is 24.0 Å². The third kappa shape index (κ3) is 3.34. The van der Waals surface area contributed by atoms with Crippen LogP contribution in [-0.2, 0) is 11.3 Å². The fourth-order valence-corrected chi connectivity index (χ4v) is 2.93. The molecule has 0 aliphatic carbocycles. The Morgan fingerprint density at radius 1 is 1.23 bits per heavy atom. The summed E-state index contributed by atoms with van der Waals surface area (Å²) in [5.41, 5.74) is 3.35. The van der Waals surface area contributed by atoms with Gasteiger partial charge in [0.15, 0.2) is 0 Å². The quantitative estimate of drug-likeness (QED) is 0.907. The Bertz CT molecular complexity index is 625. The van der Waals surface area contributed by atoms with Crippen molar-refractivity contribution in [3.8, 4) is 0 Å². The molecule has 2 N–H and O–H groups in total. The molecule has 2 aromatic rings. The van der Waals surface area contributed by atoms with Crippen molar-refractivity contribution in [3.05, 3.63) is 65.5 Å². The molecule has 1 aromatic carbocycles. The molecule has 0 spiro atoms. The number of pyridine rings is 1. The van der Waals surface area contributed by atoms with Crippen LogP contribution in [0.3, 0.4) is 0 Å². The monoisotopic (exact) mass is 295 g/mol. The second-order valence-corrected chi connectivity index (χ2v) is 5.82. The average Bonchev–Trinajstić information content (AvgIpc) is 3.04. The molecule has 3 rings (SSSR count). The van der Waals surface area contributed by atoms with Gasteiger partial charge in [-0.25, -0.2) is 0 Å². The highest BCUT2D eigenvalue weighted by atomic mass is 16.1. The summed E-state index contributed by atoms with van der Waals surface area (Å²) in [4.78, 5) is 16.7. The molecule has 0 saturated carbocycles. The lowest BCUT2D eigenvalue weighted by Crippen LogP contribution is -2.34. The number of nitrogens with one attached hydrogen (secondary N) is 2. The molecule has 22 heavy (non-hydrogen) atoms. The van der Waals surface area contributed by atoms with Crippen LogP contribution < -0.4 is 10.6 Å². The van der Waals surface area contributed by atoms with E-state index in [1.807, 2.05) is 18.2 Å². The second kappa shape index (κ2) is 6.71. The summed E-state index contributed by atoms with van der Waals surface area (Å²) in [6, 6.07) is 14.2. The topological polar surface area (TPSA) is 54.0 Å². The van der Waals surface area contributed by atoms with Gasteiger partial charge in [-0.1, -0.05) is 35.9 Å². The molecule has 1 aromatic heterocycles. The number of amides is 1.